The fourth-order valence-electron chi connectivity index (χ4n) is 3.25. The molecule has 1 aromatic carbocycles. The third-order valence-electron chi connectivity index (χ3n) is 4.80. The first-order chi connectivity index (χ1) is 12.0. The van der Waals surface area contributed by atoms with Crippen molar-refractivity contribution >= 4 is 11.9 Å². The minimum absolute atomic E-state index is 0.00642. The summed E-state index contributed by atoms with van der Waals surface area (Å²) in [6.45, 7) is 9.11. The van der Waals surface area contributed by atoms with Crippen LogP contribution in [0.5, 0.6) is 0 Å². The number of rotatable bonds is 5. The Hall–Kier alpha value is -2.04. The molecule has 5 heteroatoms. The van der Waals surface area contributed by atoms with Gasteiger partial charge in [-0.3, -0.25) is 9.79 Å². The normalized spacial score (nSPS) is 18.8. The van der Waals surface area contributed by atoms with Crippen LogP contribution in [0.25, 0.3) is 0 Å². The maximum absolute atomic E-state index is 12.0. The van der Waals surface area contributed by atoms with Crippen molar-refractivity contribution in [3.63, 3.8) is 0 Å². The topological polar surface area (TPSA) is 53.9 Å². The molecule has 0 radical (unpaired) electrons. The fourth-order valence-corrected chi connectivity index (χ4v) is 3.25. The lowest BCUT2D eigenvalue weighted by molar-refractivity contribution is -0.149. The first kappa shape index (κ1) is 19.3. The first-order valence-electron chi connectivity index (χ1n) is 9.15. The van der Waals surface area contributed by atoms with Gasteiger partial charge in [0.05, 0.1) is 12.5 Å². The van der Waals surface area contributed by atoms with E-state index in [4.69, 9.17) is 4.74 Å². The highest BCUT2D eigenvalue weighted by Gasteiger charge is 2.29. The number of likely N-dealkylation sites (tertiary alicyclic amines) is 1. The Labute approximate surface area is 151 Å². The Bertz CT molecular complexity index is 584. The van der Waals surface area contributed by atoms with Crippen LogP contribution in [0.2, 0.25) is 0 Å². The standard InChI is InChI=1S/C20H31N3O2/c1-5-25-18(24)16-10-9-13-23(14-16)19(21-4)22-15-20(2,3)17-11-7-6-8-12-17/h6-8,11-12,16H,5,9-10,13-15H2,1-4H3,(H,21,22). The van der Waals surface area contributed by atoms with Crippen molar-refractivity contribution in [1.29, 1.82) is 0 Å². The van der Waals surface area contributed by atoms with Crippen LogP contribution in [0, 0.1) is 5.92 Å². The van der Waals surface area contributed by atoms with Crippen LogP contribution < -0.4 is 5.32 Å². The van der Waals surface area contributed by atoms with E-state index in [0.29, 0.717) is 13.2 Å². The van der Waals surface area contributed by atoms with Crippen molar-refractivity contribution in [3.05, 3.63) is 35.9 Å². The van der Waals surface area contributed by atoms with E-state index in [1.807, 2.05) is 13.0 Å². The molecule has 1 unspecified atom stereocenters. The molecule has 0 amide bonds. The Kier molecular flexibility index (Phi) is 6.85. The number of carbonyl (C=O) groups excluding carboxylic acids is 1. The van der Waals surface area contributed by atoms with Gasteiger partial charge < -0.3 is 15.0 Å². The third kappa shape index (κ3) is 5.21. The second-order valence-corrected chi connectivity index (χ2v) is 7.19. The Morgan fingerprint density at radius 1 is 1.36 bits per heavy atom. The molecule has 0 bridgehead atoms. The molecule has 1 fully saturated rings. The van der Waals surface area contributed by atoms with E-state index in [2.05, 4.69) is 53.3 Å². The second kappa shape index (κ2) is 8.88. The van der Waals surface area contributed by atoms with Crippen LogP contribution in [0.4, 0.5) is 0 Å². The molecular weight excluding hydrogens is 314 g/mol. The average molecular weight is 345 g/mol. The van der Waals surface area contributed by atoms with Crippen LogP contribution in [0.1, 0.15) is 39.2 Å². The van der Waals surface area contributed by atoms with E-state index < -0.39 is 0 Å². The maximum atomic E-state index is 12.0. The van der Waals surface area contributed by atoms with E-state index in [0.717, 1.165) is 31.9 Å². The van der Waals surface area contributed by atoms with Gasteiger partial charge in [0, 0.05) is 32.1 Å². The molecule has 1 heterocycles. The minimum atomic E-state index is -0.0905. The number of aliphatic imine (C=N–C) groups is 1. The highest BCUT2D eigenvalue weighted by atomic mass is 16.5. The summed E-state index contributed by atoms with van der Waals surface area (Å²) in [4.78, 5) is 18.6. The molecule has 1 atom stereocenters. The van der Waals surface area contributed by atoms with E-state index in [9.17, 15) is 4.79 Å². The Morgan fingerprint density at radius 3 is 2.72 bits per heavy atom. The van der Waals surface area contributed by atoms with Crippen LogP contribution >= 0.6 is 0 Å². The largest absolute Gasteiger partial charge is 0.466 e. The molecule has 1 aliphatic heterocycles. The summed E-state index contributed by atoms with van der Waals surface area (Å²) in [6.07, 6.45) is 1.87. The number of esters is 1. The van der Waals surface area contributed by atoms with Crippen molar-refractivity contribution in [2.45, 2.75) is 39.0 Å². The number of nitrogens with one attached hydrogen (secondary N) is 1. The Morgan fingerprint density at radius 2 is 2.08 bits per heavy atom. The summed E-state index contributed by atoms with van der Waals surface area (Å²) in [5, 5.41) is 3.49. The molecular formula is C20H31N3O2. The molecule has 0 saturated carbocycles. The average Bonchev–Trinajstić information content (AvgIpc) is 2.63. The fraction of sp³-hybridized carbons (Fsp3) is 0.600. The molecule has 0 aromatic heterocycles. The highest BCUT2D eigenvalue weighted by molar-refractivity contribution is 5.81. The van der Waals surface area contributed by atoms with Gasteiger partial charge in [-0.2, -0.15) is 0 Å². The summed E-state index contributed by atoms with van der Waals surface area (Å²) >= 11 is 0. The zero-order valence-electron chi connectivity index (χ0n) is 15.9. The number of hydrogen-bond acceptors (Lipinski definition) is 3. The number of benzene rings is 1. The number of ether oxygens (including phenoxy) is 1. The number of piperidine rings is 1. The van der Waals surface area contributed by atoms with Crippen molar-refractivity contribution in [2.24, 2.45) is 10.9 Å². The predicted molar refractivity (Wildman–Crippen MR) is 102 cm³/mol. The van der Waals surface area contributed by atoms with E-state index in [-0.39, 0.29) is 17.3 Å². The van der Waals surface area contributed by atoms with Gasteiger partial charge in [0.15, 0.2) is 5.96 Å². The van der Waals surface area contributed by atoms with E-state index >= 15 is 0 Å². The maximum Gasteiger partial charge on any atom is 0.310 e. The van der Waals surface area contributed by atoms with Crippen molar-refractivity contribution in [1.82, 2.24) is 10.2 Å². The monoisotopic (exact) mass is 345 g/mol. The smallest absolute Gasteiger partial charge is 0.310 e. The van der Waals surface area contributed by atoms with Crippen molar-refractivity contribution < 1.29 is 9.53 Å². The number of carbonyl (C=O) groups is 1. The van der Waals surface area contributed by atoms with Gasteiger partial charge >= 0.3 is 5.97 Å². The lowest BCUT2D eigenvalue weighted by Crippen LogP contribution is -2.50. The lowest BCUT2D eigenvalue weighted by Gasteiger charge is -2.35. The van der Waals surface area contributed by atoms with Gasteiger partial charge in [-0.15, -0.1) is 0 Å². The lowest BCUT2D eigenvalue weighted by atomic mass is 9.85. The zero-order valence-corrected chi connectivity index (χ0v) is 15.9. The predicted octanol–water partition coefficient (Wildman–Crippen LogP) is 2.81. The Balaban J connectivity index is 1.97. The zero-order chi connectivity index (χ0) is 18.3. The third-order valence-corrected chi connectivity index (χ3v) is 4.80. The molecule has 1 N–H and O–H groups in total. The summed E-state index contributed by atoms with van der Waals surface area (Å²) in [7, 11) is 1.80. The molecule has 1 saturated heterocycles. The quantitative estimate of drug-likeness (QED) is 0.506. The first-order valence-corrected chi connectivity index (χ1v) is 9.15. The number of hydrogen-bond donors (Lipinski definition) is 1. The van der Waals surface area contributed by atoms with Gasteiger partial charge in [0.2, 0.25) is 0 Å². The van der Waals surface area contributed by atoms with Crippen molar-refractivity contribution in [3.8, 4) is 0 Å². The van der Waals surface area contributed by atoms with Gasteiger partial charge in [-0.05, 0) is 25.3 Å². The summed E-state index contributed by atoms with van der Waals surface area (Å²) in [6, 6.07) is 10.5. The van der Waals surface area contributed by atoms with E-state index in [1.54, 1.807) is 7.05 Å². The second-order valence-electron chi connectivity index (χ2n) is 7.19. The highest BCUT2D eigenvalue weighted by Crippen LogP contribution is 2.22. The molecule has 5 nitrogen and oxygen atoms in total. The van der Waals surface area contributed by atoms with Crippen LogP contribution in [-0.4, -0.2) is 50.1 Å². The van der Waals surface area contributed by atoms with Crippen molar-refractivity contribution in [2.75, 3.05) is 33.3 Å². The minimum Gasteiger partial charge on any atom is -0.466 e. The molecule has 1 aromatic rings. The van der Waals surface area contributed by atoms with Crippen LogP contribution in [0.15, 0.2) is 35.3 Å². The van der Waals surface area contributed by atoms with Gasteiger partial charge in [0.1, 0.15) is 0 Å². The van der Waals surface area contributed by atoms with Gasteiger partial charge in [0.25, 0.3) is 0 Å². The molecule has 0 aliphatic carbocycles. The summed E-state index contributed by atoms with van der Waals surface area (Å²) in [5.41, 5.74) is 1.29. The number of nitrogens with zero attached hydrogens (tertiary/aromatic N) is 2. The molecule has 0 spiro atoms. The SMILES string of the molecule is CCOC(=O)C1CCCN(C(=NC)NCC(C)(C)c2ccccc2)C1. The molecule has 2 rings (SSSR count). The van der Waals surface area contributed by atoms with Gasteiger partial charge in [-0.25, -0.2) is 0 Å². The number of guanidine groups is 1. The summed E-state index contributed by atoms with van der Waals surface area (Å²) < 4.78 is 5.19. The van der Waals surface area contributed by atoms with Crippen LogP contribution in [-0.2, 0) is 14.9 Å². The van der Waals surface area contributed by atoms with Crippen LogP contribution in [0.3, 0.4) is 0 Å². The van der Waals surface area contributed by atoms with E-state index in [1.165, 1.54) is 5.56 Å². The van der Waals surface area contributed by atoms with Gasteiger partial charge in [-0.1, -0.05) is 44.2 Å². The molecule has 25 heavy (non-hydrogen) atoms. The molecule has 138 valence electrons. The molecule has 1 aliphatic rings. The summed E-state index contributed by atoms with van der Waals surface area (Å²) in [5.74, 6) is 0.708.